The van der Waals surface area contributed by atoms with Crippen molar-refractivity contribution in [1.29, 1.82) is 0 Å². The van der Waals surface area contributed by atoms with E-state index in [2.05, 4.69) is 0 Å². The number of aromatic nitrogens is 1. The van der Waals surface area contributed by atoms with Crippen molar-refractivity contribution in [3.63, 3.8) is 0 Å². The number of fused-ring (bicyclic) bond motifs is 1. The van der Waals surface area contributed by atoms with E-state index in [4.69, 9.17) is 11.6 Å². The summed E-state index contributed by atoms with van der Waals surface area (Å²) in [5.41, 5.74) is 1.05. The van der Waals surface area contributed by atoms with Crippen molar-refractivity contribution in [2.45, 2.75) is 0 Å². The molecule has 1 nitrogen and oxygen atoms in total. The van der Waals surface area contributed by atoms with E-state index in [1.807, 2.05) is 33.9 Å². The molecule has 0 radical (unpaired) electrons. The van der Waals surface area contributed by atoms with Gasteiger partial charge in [-0.3, -0.25) is 0 Å². The van der Waals surface area contributed by atoms with Crippen molar-refractivity contribution in [2.75, 3.05) is 0 Å². The van der Waals surface area contributed by atoms with E-state index < -0.39 is 0 Å². The van der Waals surface area contributed by atoms with E-state index in [0.29, 0.717) is 5.15 Å². The molecule has 0 N–H and O–H groups in total. The summed E-state index contributed by atoms with van der Waals surface area (Å²) in [6.45, 7) is 0. The Morgan fingerprint density at radius 1 is 1.06 bits per heavy atom. The molecule has 1 heterocycles. The van der Waals surface area contributed by atoms with Crippen LogP contribution in [0.2, 0.25) is 5.15 Å². The fourth-order valence-corrected chi connectivity index (χ4v) is 4.45. The molecule has 0 amide bonds. The minimum absolute atomic E-state index is 0.00979. The van der Waals surface area contributed by atoms with Crippen LogP contribution in [-0.2, 0) is 0 Å². The SMILES string of the molecule is Fc1ccc2c(Cl)[n+](-c3ccccc3)[se]c2c1. The van der Waals surface area contributed by atoms with Crippen LogP contribution in [0.3, 0.4) is 0 Å². The van der Waals surface area contributed by atoms with E-state index >= 15 is 0 Å². The van der Waals surface area contributed by atoms with Crippen molar-refractivity contribution < 1.29 is 7.95 Å². The first-order valence-corrected chi connectivity index (χ1v) is 7.11. The molecule has 4 heteroatoms. The third-order valence-electron chi connectivity index (χ3n) is 2.52. The molecule has 0 aliphatic heterocycles. The molecule has 0 bridgehead atoms. The molecule has 17 heavy (non-hydrogen) atoms. The minimum atomic E-state index is -0.204. The van der Waals surface area contributed by atoms with Crippen LogP contribution in [0, 0.1) is 5.82 Å². The van der Waals surface area contributed by atoms with Crippen LogP contribution < -0.4 is 3.56 Å². The van der Waals surface area contributed by atoms with Gasteiger partial charge in [0.05, 0.1) is 0 Å². The van der Waals surface area contributed by atoms with Crippen molar-refractivity contribution in [1.82, 2.24) is 0 Å². The summed E-state index contributed by atoms with van der Waals surface area (Å²) in [4.78, 5) is 0. The van der Waals surface area contributed by atoms with Gasteiger partial charge in [-0.25, -0.2) is 0 Å². The summed E-state index contributed by atoms with van der Waals surface area (Å²) >= 11 is 6.34. The number of benzene rings is 2. The molecule has 84 valence electrons. The summed E-state index contributed by atoms with van der Waals surface area (Å²) in [6.07, 6.45) is 0. The molecule has 0 spiro atoms. The van der Waals surface area contributed by atoms with Gasteiger partial charge in [-0.05, 0) is 0 Å². The number of hydrogen-bond donors (Lipinski definition) is 0. The van der Waals surface area contributed by atoms with Crippen LogP contribution >= 0.6 is 11.6 Å². The Kier molecular flexibility index (Phi) is 2.75. The van der Waals surface area contributed by atoms with Gasteiger partial charge in [0.2, 0.25) is 0 Å². The molecule has 3 rings (SSSR count). The van der Waals surface area contributed by atoms with E-state index in [1.165, 1.54) is 6.07 Å². The number of halogens is 2. The van der Waals surface area contributed by atoms with Crippen molar-refractivity contribution in [2.24, 2.45) is 0 Å². The molecule has 0 aliphatic rings. The Balaban J connectivity index is 2.28. The second-order valence-corrected chi connectivity index (χ2v) is 6.08. The summed E-state index contributed by atoms with van der Waals surface area (Å²) in [5.74, 6) is -0.204. The molecule has 0 aliphatic carbocycles. The average Bonchev–Trinajstić information content (AvgIpc) is 2.67. The van der Waals surface area contributed by atoms with Gasteiger partial charge in [-0.1, -0.05) is 0 Å². The summed E-state index contributed by atoms with van der Waals surface area (Å²) in [5, 5.41) is 1.63. The zero-order chi connectivity index (χ0) is 11.8. The van der Waals surface area contributed by atoms with Crippen molar-refractivity contribution in [3.05, 3.63) is 59.5 Å². The quantitative estimate of drug-likeness (QED) is 0.608. The van der Waals surface area contributed by atoms with Crippen LogP contribution in [0.5, 0.6) is 0 Å². The van der Waals surface area contributed by atoms with Crippen LogP contribution in [0.1, 0.15) is 0 Å². The Morgan fingerprint density at radius 3 is 2.59 bits per heavy atom. The van der Waals surface area contributed by atoms with Gasteiger partial charge in [0.15, 0.2) is 0 Å². The third-order valence-corrected chi connectivity index (χ3v) is 5.45. The molecule has 0 saturated heterocycles. The summed E-state index contributed by atoms with van der Waals surface area (Å²) in [7, 11) is 0. The molecule has 0 unspecified atom stereocenters. The van der Waals surface area contributed by atoms with Gasteiger partial charge in [0.25, 0.3) is 0 Å². The molecule has 0 saturated carbocycles. The number of nitrogens with zero attached hydrogens (tertiary/aromatic N) is 1. The Labute approximate surface area is 109 Å². The zero-order valence-corrected chi connectivity index (χ0v) is 11.2. The first-order valence-electron chi connectivity index (χ1n) is 5.11. The maximum absolute atomic E-state index is 13.2. The van der Waals surface area contributed by atoms with E-state index in [1.54, 1.807) is 12.1 Å². The van der Waals surface area contributed by atoms with Gasteiger partial charge in [-0.2, -0.15) is 0 Å². The summed E-state index contributed by atoms with van der Waals surface area (Å²) < 4.78 is 16.2. The second-order valence-electron chi connectivity index (χ2n) is 3.65. The molecule has 0 fully saturated rings. The van der Waals surface area contributed by atoms with Gasteiger partial charge < -0.3 is 0 Å². The topological polar surface area (TPSA) is 3.88 Å². The average molecular weight is 312 g/mol. The molecule has 2 aromatic carbocycles. The van der Waals surface area contributed by atoms with Crippen LogP contribution in [0.4, 0.5) is 4.39 Å². The normalized spacial score (nSPS) is 10.9. The van der Waals surface area contributed by atoms with Gasteiger partial charge in [-0.15, -0.1) is 0 Å². The molecular weight excluding hydrogens is 304 g/mol. The predicted octanol–water partition coefficient (Wildman–Crippen LogP) is 2.97. The maximum atomic E-state index is 13.2. The van der Waals surface area contributed by atoms with Gasteiger partial charge >= 0.3 is 109 Å². The van der Waals surface area contributed by atoms with Crippen LogP contribution in [0.25, 0.3) is 15.3 Å². The Bertz CT molecular complexity index is 678. The monoisotopic (exact) mass is 312 g/mol. The third kappa shape index (κ3) is 1.91. The van der Waals surface area contributed by atoms with E-state index in [0.717, 1.165) is 15.3 Å². The fourth-order valence-electron chi connectivity index (χ4n) is 1.72. The number of rotatable bonds is 1. The predicted molar refractivity (Wildman–Crippen MR) is 67.4 cm³/mol. The van der Waals surface area contributed by atoms with Crippen molar-refractivity contribution in [3.8, 4) is 5.69 Å². The first-order chi connectivity index (χ1) is 8.25. The number of para-hydroxylation sites is 1. The molecule has 3 aromatic rings. The molecule has 1 aromatic heterocycles. The number of hydrogen-bond acceptors (Lipinski definition) is 0. The summed E-state index contributed by atoms with van der Waals surface area (Å²) in [6, 6.07) is 14.7. The fraction of sp³-hybridized carbons (Fsp3) is 0. The standard InChI is InChI=1S/C13H8ClFNSe/c14-13-11-7-6-9(15)8-12(11)17-16(13)10-4-2-1-3-5-10/h1-8H/q+1. The van der Waals surface area contributed by atoms with Crippen LogP contribution in [-0.4, -0.2) is 14.7 Å². The van der Waals surface area contributed by atoms with Crippen LogP contribution in [0.15, 0.2) is 48.5 Å². The van der Waals surface area contributed by atoms with Gasteiger partial charge in [0, 0.05) is 0 Å². The van der Waals surface area contributed by atoms with Gasteiger partial charge in [0.1, 0.15) is 0 Å². The Morgan fingerprint density at radius 2 is 1.82 bits per heavy atom. The molecule has 0 atom stereocenters. The van der Waals surface area contributed by atoms with E-state index in [9.17, 15) is 4.39 Å². The Hall–Kier alpha value is -1.15. The molecular formula is C13H8ClFNSe+. The zero-order valence-electron chi connectivity index (χ0n) is 8.73. The first kappa shape index (κ1) is 11.0. The van der Waals surface area contributed by atoms with Crippen molar-refractivity contribution >= 4 is 36.0 Å². The van der Waals surface area contributed by atoms with E-state index in [-0.39, 0.29) is 20.5 Å². The second kappa shape index (κ2) is 4.26.